The van der Waals surface area contributed by atoms with Crippen LogP contribution in [0.4, 0.5) is 0 Å². The first-order chi connectivity index (χ1) is 6.77. The van der Waals surface area contributed by atoms with E-state index in [0.29, 0.717) is 26.2 Å². The first-order valence-corrected chi connectivity index (χ1v) is 4.83. The maximum Gasteiger partial charge on any atom is 0.218 e. The summed E-state index contributed by atoms with van der Waals surface area (Å²) in [6.45, 7) is 3.47. The van der Waals surface area contributed by atoms with Crippen molar-refractivity contribution in [3.63, 3.8) is 0 Å². The third-order valence-electron chi connectivity index (χ3n) is 1.61. The van der Waals surface area contributed by atoms with Gasteiger partial charge in [0.2, 0.25) is 5.91 Å². The van der Waals surface area contributed by atoms with Crippen LogP contribution in [-0.2, 0) is 14.3 Å². The Morgan fingerprint density at radius 2 is 2.07 bits per heavy atom. The molecule has 5 nitrogen and oxygen atoms in total. The van der Waals surface area contributed by atoms with Gasteiger partial charge >= 0.3 is 0 Å². The predicted octanol–water partition coefficient (Wildman–Crippen LogP) is -0.495. The van der Waals surface area contributed by atoms with Crippen LogP contribution in [0.2, 0.25) is 0 Å². The molecule has 3 N–H and O–H groups in total. The molecule has 0 rings (SSSR count). The normalized spacial score (nSPS) is 10.4. The van der Waals surface area contributed by atoms with Crippen LogP contribution >= 0.6 is 0 Å². The Morgan fingerprint density at radius 1 is 1.29 bits per heavy atom. The zero-order chi connectivity index (χ0) is 10.6. The van der Waals surface area contributed by atoms with E-state index in [4.69, 9.17) is 15.2 Å². The maximum atomic E-state index is 10.3. The second-order valence-corrected chi connectivity index (χ2v) is 2.93. The Labute approximate surface area is 84.9 Å². The van der Waals surface area contributed by atoms with Gasteiger partial charge in [-0.2, -0.15) is 0 Å². The first kappa shape index (κ1) is 13.4. The number of carbonyl (C=O) groups is 1. The van der Waals surface area contributed by atoms with E-state index < -0.39 is 0 Å². The summed E-state index contributed by atoms with van der Waals surface area (Å²) in [6, 6.07) is 0. The minimum absolute atomic E-state index is 0.279. The molecule has 0 heterocycles. The molecule has 0 saturated heterocycles. The Hall–Kier alpha value is -0.650. The van der Waals surface area contributed by atoms with Crippen molar-refractivity contribution in [2.75, 3.05) is 40.0 Å². The van der Waals surface area contributed by atoms with Crippen LogP contribution in [0.3, 0.4) is 0 Å². The van der Waals surface area contributed by atoms with Crippen LogP contribution in [0, 0.1) is 0 Å². The van der Waals surface area contributed by atoms with Crippen molar-refractivity contribution in [3.8, 4) is 0 Å². The summed E-state index contributed by atoms with van der Waals surface area (Å²) in [5.74, 6) is -0.279. The first-order valence-electron chi connectivity index (χ1n) is 4.83. The van der Waals surface area contributed by atoms with Crippen LogP contribution in [0.1, 0.15) is 12.8 Å². The number of hydrogen-bond acceptors (Lipinski definition) is 4. The van der Waals surface area contributed by atoms with Gasteiger partial charge in [-0.3, -0.25) is 4.79 Å². The number of primary amides is 1. The largest absolute Gasteiger partial charge is 0.385 e. The summed E-state index contributed by atoms with van der Waals surface area (Å²) in [5.41, 5.74) is 4.96. The van der Waals surface area contributed by atoms with Gasteiger partial charge in [-0.1, -0.05) is 0 Å². The molecule has 0 saturated carbocycles. The average molecular weight is 204 g/mol. The van der Waals surface area contributed by atoms with E-state index in [0.717, 1.165) is 19.6 Å². The predicted molar refractivity (Wildman–Crippen MR) is 54.0 cm³/mol. The molecule has 1 amide bonds. The van der Waals surface area contributed by atoms with Crippen molar-refractivity contribution < 1.29 is 14.3 Å². The second-order valence-electron chi connectivity index (χ2n) is 2.93. The van der Waals surface area contributed by atoms with Crippen molar-refractivity contribution in [2.24, 2.45) is 5.73 Å². The average Bonchev–Trinajstić information content (AvgIpc) is 2.15. The Morgan fingerprint density at radius 3 is 2.71 bits per heavy atom. The highest BCUT2D eigenvalue weighted by Crippen LogP contribution is 1.82. The van der Waals surface area contributed by atoms with Gasteiger partial charge in [-0.15, -0.1) is 0 Å². The minimum Gasteiger partial charge on any atom is -0.385 e. The molecule has 0 bridgehead atoms. The van der Waals surface area contributed by atoms with Crippen LogP contribution < -0.4 is 11.1 Å². The lowest BCUT2D eigenvalue weighted by Crippen LogP contribution is -2.25. The third kappa shape index (κ3) is 11.4. The van der Waals surface area contributed by atoms with Crippen molar-refractivity contribution in [1.29, 1.82) is 0 Å². The molecular weight excluding hydrogens is 184 g/mol. The van der Waals surface area contributed by atoms with Crippen LogP contribution in [0.5, 0.6) is 0 Å². The van der Waals surface area contributed by atoms with E-state index in [1.54, 1.807) is 7.11 Å². The Bertz CT molecular complexity index is 142. The number of rotatable bonds is 10. The number of nitrogens with two attached hydrogens (primary N) is 1. The summed E-state index contributed by atoms with van der Waals surface area (Å²) in [5, 5.41) is 3.05. The van der Waals surface area contributed by atoms with Crippen LogP contribution in [0.25, 0.3) is 0 Å². The molecule has 0 fully saturated rings. The lowest BCUT2D eigenvalue weighted by atomic mass is 10.4. The Kier molecular flexibility index (Phi) is 9.95. The standard InChI is InChI=1S/C9H20N2O3/c1-13-6-2-7-14-8-5-11-4-3-9(10)12/h11H,2-8H2,1H3,(H2,10,12). The van der Waals surface area contributed by atoms with Gasteiger partial charge in [0.1, 0.15) is 0 Å². The fourth-order valence-corrected chi connectivity index (χ4v) is 0.888. The van der Waals surface area contributed by atoms with E-state index in [1.807, 2.05) is 0 Å². The van der Waals surface area contributed by atoms with Crippen molar-refractivity contribution in [1.82, 2.24) is 5.32 Å². The summed E-state index contributed by atoms with van der Waals surface area (Å²) >= 11 is 0. The molecule has 5 heteroatoms. The molecule has 14 heavy (non-hydrogen) atoms. The number of hydrogen-bond donors (Lipinski definition) is 2. The zero-order valence-corrected chi connectivity index (χ0v) is 8.75. The Balaban J connectivity index is 2.88. The molecule has 0 aromatic rings. The lowest BCUT2D eigenvalue weighted by molar-refractivity contribution is -0.117. The minimum atomic E-state index is -0.279. The topological polar surface area (TPSA) is 73.6 Å². The summed E-state index contributed by atoms with van der Waals surface area (Å²) < 4.78 is 10.2. The summed E-state index contributed by atoms with van der Waals surface area (Å²) in [6.07, 6.45) is 1.29. The second kappa shape index (κ2) is 10.4. The molecular formula is C9H20N2O3. The fraction of sp³-hybridized carbons (Fsp3) is 0.889. The molecule has 0 aromatic carbocycles. The van der Waals surface area contributed by atoms with E-state index >= 15 is 0 Å². The quantitative estimate of drug-likeness (QED) is 0.471. The molecule has 0 unspecified atom stereocenters. The van der Waals surface area contributed by atoms with E-state index in [9.17, 15) is 4.79 Å². The molecule has 0 atom stereocenters. The highest BCUT2D eigenvalue weighted by Gasteiger charge is 1.93. The van der Waals surface area contributed by atoms with Crippen molar-refractivity contribution in [2.45, 2.75) is 12.8 Å². The number of amides is 1. The number of ether oxygens (including phenoxy) is 2. The van der Waals surface area contributed by atoms with Gasteiger partial charge in [-0.25, -0.2) is 0 Å². The molecule has 0 aromatic heterocycles. The van der Waals surface area contributed by atoms with Gasteiger partial charge in [0.15, 0.2) is 0 Å². The van der Waals surface area contributed by atoms with E-state index in [1.165, 1.54) is 0 Å². The lowest BCUT2D eigenvalue weighted by Gasteiger charge is -2.04. The fourth-order valence-electron chi connectivity index (χ4n) is 0.888. The number of nitrogens with one attached hydrogen (secondary N) is 1. The van der Waals surface area contributed by atoms with Gasteiger partial charge in [0, 0.05) is 39.8 Å². The van der Waals surface area contributed by atoms with E-state index in [2.05, 4.69) is 5.32 Å². The van der Waals surface area contributed by atoms with Crippen molar-refractivity contribution >= 4 is 5.91 Å². The summed E-state index contributed by atoms with van der Waals surface area (Å²) in [4.78, 5) is 10.3. The van der Waals surface area contributed by atoms with Crippen LogP contribution in [-0.4, -0.2) is 45.9 Å². The molecule has 84 valence electrons. The van der Waals surface area contributed by atoms with Crippen LogP contribution in [0.15, 0.2) is 0 Å². The van der Waals surface area contributed by atoms with Gasteiger partial charge < -0.3 is 20.5 Å². The van der Waals surface area contributed by atoms with E-state index in [-0.39, 0.29) is 5.91 Å². The van der Waals surface area contributed by atoms with Gasteiger partial charge in [0.25, 0.3) is 0 Å². The number of carbonyl (C=O) groups excluding carboxylic acids is 1. The molecule has 0 aliphatic carbocycles. The number of methoxy groups -OCH3 is 1. The third-order valence-corrected chi connectivity index (χ3v) is 1.61. The molecule has 0 radical (unpaired) electrons. The smallest absolute Gasteiger partial charge is 0.218 e. The highest BCUT2D eigenvalue weighted by atomic mass is 16.5. The van der Waals surface area contributed by atoms with Gasteiger partial charge in [-0.05, 0) is 6.42 Å². The highest BCUT2D eigenvalue weighted by molar-refractivity contribution is 5.73. The van der Waals surface area contributed by atoms with Gasteiger partial charge in [0.05, 0.1) is 6.61 Å². The van der Waals surface area contributed by atoms with Crippen molar-refractivity contribution in [3.05, 3.63) is 0 Å². The molecule has 0 spiro atoms. The maximum absolute atomic E-state index is 10.3. The zero-order valence-electron chi connectivity index (χ0n) is 8.75. The molecule has 0 aliphatic rings. The molecule has 0 aliphatic heterocycles. The SMILES string of the molecule is COCCCOCCNCCC(N)=O. The monoisotopic (exact) mass is 204 g/mol. The summed E-state index contributed by atoms with van der Waals surface area (Å²) in [7, 11) is 1.67.